The standard InChI is InChI=1S/C15H18N4O3S3/c1-4-10-23-15-18-17-14(24-15)16-13(20)11-6-8-12(9-7-11)19(3)25(21,22)5-2/h4,6-9H,1,5,10H2,2-3H3,(H,16,17,20). The number of rotatable bonds is 8. The number of thioether (sulfide) groups is 1. The zero-order chi connectivity index (χ0) is 18.4. The van der Waals surface area contributed by atoms with Crippen molar-refractivity contribution in [3.8, 4) is 0 Å². The fourth-order valence-electron chi connectivity index (χ4n) is 1.80. The van der Waals surface area contributed by atoms with Crippen LogP contribution in [0.25, 0.3) is 0 Å². The number of aromatic nitrogens is 2. The quantitative estimate of drug-likeness (QED) is 0.418. The number of carbonyl (C=O) groups excluding carboxylic acids is 1. The SMILES string of the molecule is C=CCSc1nnc(NC(=O)c2ccc(N(C)S(=O)(=O)CC)cc2)s1. The predicted molar refractivity (Wildman–Crippen MR) is 103 cm³/mol. The van der Waals surface area contributed by atoms with Crippen LogP contribution in [-0.2, 0) is 10.0 Å². The molecule has 1 N–H and O–H groups in total. The van der Waals surface area contributed by atoms with Crippen LogP contribution >= 0.6 is 23.1 Å². The van der Waals surface area contributed by atoms with Crippen LogP contribution in [-0.4, -0.2) is 43.1 Å². The molecule has 10 heteroatoms. The zero-order valence-corrected chi connectivity index (χ0v) is 16.2. The fraction of sp³-hybridized carbons (Fsp3) is 0.267. The molecular weight excluding hydrogens is 380 g/mol. The van der Waals surface area contributed by atoms with Gasteiger partial charge >= 0.3 is 0 Å². The molecule has 0 unspecified atom stereocenters. The first-order valence-electron chi connectivity index (χ1n) is 7.32. The smallest absolute Gasteiger partial charge is 0.257 e. The van der Waals surface area contributed by atoms with Crippen molar-refractivity contribution in [1.82, 2.24) is 10.2 Å². The first-order chi connectivity index (χ1) is 11.9. The van der Waals surface area contributed by atoms with Gasteiger partial charge in [-0.15, -0.1) is 16.8 Å². The lowest BCUT2D eigenvalue weighted by Crippen LogP contribution is -2.28. The second-order valence-electron chi connectivity index (χ2n) is 4.84. The Labute approximate surface area is 155 Å². The average Bonchev–Trinajstić information content (AvgIpc) is 3.06. The number of carbonyl (C=O) groups is 1. The molecule has 0 aliphatic heterocycles. The summed E-state index contributed by atoms with van der Waals surface area (Å²) in [7, 11) is -1.85. The Kier molecular flexibility index (Phi) is 6.57. The molecule has 25 heavy (non-hydrogen) atoms. The van der Waals surface area contributed by atoms with Crippen molar-refractivity contribution in [3.63, 3.8) is 0 Å². The van der Waals surface area contributed by atoms with Crippen molar-refractivity contribution in [2.45, 2.75) is 11.3 Å². The van der Waals surface area contributed by atoms with Crippen LogP contribution in [0.4, 0.5) is 10.8 Å². The molecule has 0 saturated carbocycles. The highest BCUT2D eigenvalue weighted by atomic mass is 32.2. The molecule has 7 nitrogen and oxygen atoms in total. The van der Waals surface area contributed by atoms with Gasteiger partial charge in [0.05, 0.1) is 11.4 Å². The van der Waals surface area contributed by atoms with E-state index >= 15 is 0 Å². The maximum Gasteiger partial charge on any atom is 0.257 e. The molecule has 0 radical (unpaired) electrons. The number of nitrogens with zero attached hydrogens (tertiary/aromatic N) is 3. The van der Waals surface area contributed by atoms with E-state index in [2.05, 4.69) is 22.1 Å². The van der Waals surface area contributed by atoms with E-state index < -0.39 is 10.0 Å². The van der Waals surface area contributed by atoms with Gasteiger partial charge in [0, 0.05) is 18.4 Å². The molecular formula is C15H18N4O3S3. The lowest BCUT2D eigenvalue weighted by atomic mass is 10.2. The minimum absolute atomic E-state index is 0.00891. The Hall–Kier alpha value is -1.91. The minimum Gasteiger partial charge on any atom is -0.296 e. The van der Waals surface area contributed by atoms with Gasteiger partial charge in [-0.25, -0.2) is 8.42 Å². The average molecular weight is 399 g/mol. The summed E-state index contributed by atoms with van der Waals surface area (Å²) in [5, 5.41) is 11.0. The van der Waals surface area contributed by atoms with Crippen molar-refractivity contribution >= 4 is 49.8 Å². The monoisotopic (exact) mass is 398 g/mol. The van der Waals surface area contributed by atoms with Gasteiger partial charge in [0.2, 0.25) is 15.2 Å². The van der Waals surface area contributed by atoms with E-state index in [1.54, 1.807) is 37.3 Å². The van der Waals surface area contributed by atoms with E-state index in [-0.39, 0.29) is 11.7 Å². The third kappa shape index (κ3) is 5.03. The molecule has 2 aromatic rings. The number of sulfonamides is 1. The fourth-order valence-corrected chi connectivity index (χ4v) is 4.13. The third-order valence-corrected chi connectivity index (χ3v) is 6.97. The number of benzene rings is 1. The number of anilines is 2. The summed E-state index contributed by atoms with van der Waals surface area (Å²) >= 11 is 2.77. The van der Waals surface area contributed by atoms with E-state index in [0.29, 0.717) is 16.4 Å². The highest BCUT2D eigenvalue weighted by molar-refractivity contribution is 8.01. The van der Waals surface area contributed by atoms with Gasteiger partial charge in [0.1, 0.15) is 0 Å². The molecule has 1 aromatic carbocycles. The van der Waals surface area contributed by atoms with Crippen LogP contribution in [0, 0.1) is 0 Å². The molecule has 0 aliphatic rings. The van der Waals surface area contributed by atoms with Crippen LogP contribution in [0.5, 0.6) is 0 Å². The third-order valence-electron chi connectivity index (χ3n) is 3.23. The van der Waals surface area contributed by atoms with Crippen molar-refractivity contribution in [3.05, 3.63) is 42.5 Å². The van der Waals surface area contributed by atoms with E-state index in [0.717, 1.165) is 10.1 Å². The van der Waals surface area contributed by atoms with Crippen LogP contribution in [0.15, 0.2) is 41.3 Å². The van der Waals surface area contributed by atoms with E-state index in [9.17, 15) is 13.2 Å². The Balaban J connectivity index is 2.05. The van der Waals surface area contributed by atoms with Crippen LogP contribution in [0.3, 0.4) is 0 Å². The molecule has 134 valence electrons. The minimum atomic E-state index is -3.33. The number of hydrogen-bond donors (Lipinski definition) is 1. The molecule has 0 atom stereocenters. The Morgan fingerprint density at radius 2 is 2.04 bits per heavy atom. The van der Waals surface area contributed by atoms with Crippen LogP contribution in [0.2, 0.25) is 0 Å². The molecule has 1 heterocycles. The van der Waals surface area contributed by atoms with E-state index in [4.69, 9.17) is 0 Å². The van der Waals surface area contributed by atoms with Crippen LogP contribution < -0.4 is 9.62 Å². The van der Waals surface area contributed by atoms with Crippen molar-refractivity contribution in [1.29, 1.82) is 0 Å². The molecule has 0 spiro atoms. The molecule has 0 bridgehead atoms. The first kappa shape index (κ1) is 19.4. The summed E-state index contributed by atoms with van der Waals surface area (Å²) < 4.78 is 25.7. The van der Waals surface area contributed by atoms with Crippen molar-refractivity contribution in [2.75, 3.05) is 28.2 Å². The highest BCUT2D eigenvalue weighted by Crippen LogP contribution is 2.26. The van der Waals surface area contributed by atoms with E-state index in [1.807, 2.05) is 0 Å². The molecule has 2 rings (SSSR count). The van der Waals surface area contributed by atoms with Crippen LogP contribution in [0.1, 0.15) is 17.3 Å². The molecule has 1 amide bonds. The van der Waals surface area contributed by atoms with Gasteiger partial charge in [0.25, 0.3) is 5.91 Å². The Morgan fingerprint density at radius 3 is 2.64 bits per heavy atom. The number of hydrogen-bond acceptors (Lipinski definition) is 7. The second kappa shape index (κ2) is 8.45. The lowest BCUT2D eigenvalue weighted by molar-refractivity contribution is 0.102. The van der Waals surface area contributed by atoms with E-state index in [1.165, 1.54) is 34.5 Å². The van der Waals surface area contributed by atoms with Gasteiger partial charge in [-0.1, -0.05) is 29.2 Å². The van der Waals surface area contributed by atoms with Gasteiger partial charge in [0.15, 0.2) is 4.34 Å². The van der Waals surface area contributed by atoms with Crippen molar-refractivity contribution < 1.29 is 13.2 Å². The summed E-state index contributed by atoms with van der Waals surface area (Å²) in [6, 6.07) is 6.32. The molecule has 0 aliphatic carbocycles. The maximum atomic E-state index is 12.2. The summed E-state index contributed by atoms with van der Waals surface area (Å²) in [6.07, 6.45) is 1.77. The summed E-state index contributed by atoms with van der Waals surface area (Å²) in [5.41, 5.74) is 0.902. The summed E-state index contributed by atoms with van der Waals surface area (Å²) in [6.45, 7) is 5.22. The van der Waals surface area contributed by atoms with Gasteiger partial charge in [-0.2, -0.15) is 0 Å². The van der Waals surface area contributed by atoms with Crippen molar-refractivity contribution in [2.24, 2.45) is 0 Å². The molecule has 0 saturated heterocycles. The Bertz CT molecular complexity index is 847. The normalized spacial score (nSPS) is 11.1. The summed E-state index contributed by atoms with van der Waals surface area (Å²) in [4.78, 5) is 12.2. The van der Waals surface area contributed by atoms with Gasteiger partial charge in [-0.3, -0.25) is 14.4 Å². The lowest BCUT2D eigenvalue weighted by Gasteiger charge is -2.18. The molecule has 1 aromatic heterocycles. The number of amides is 1. The largest absolute Gasteiger partial charge is 0.296 e. The number of nitrogens with one attached hydrogen (secondary N) is 1. The Morgan fingerprint density at radius 1 is 1.36 bits per heavy atom. The topological polar surface area (TPSA) is 92.3 Å². The second-order valence-corrected chi connectivity index (χ2v) is 9.38. The zero-order valence-electron chi connectivity index (χ0n) is 13.8. The molecule has 0 fully saturated rings. The summed E-state index contributed by atoms with van der Waals surface area (Å²) in [5.74, 6) is 0.400. The maximum absolute atomic E-state index is 12.2. The predicted octanol–water partition coefficient (Wildman–Crippen LogP) is 2.85. The van der Waals surface area contributed by atoms with Gasteiger partial charge < -0.3 is 0 Å². The first-order valence-corrected chi connectivity index (χ1v) is 10.7. The highest BCUT2D eigenvalue weighted by Gasteiger charge is 2.16. The van der Waals surface area contributed by atoms with Gasteiger partial charge in [-0.05, 0) is 31.2 Å².